The third kappa shape index (κ3) is 2.82. The lowest BCUT2D eigenvalue weighted by Crippen LogP contribution is -2.26. The first kappa shape index (κ1) is 11.2. The van der Waals surface area contributed by atoms with Gasteiger partial charge in [-0.3, -0.25) is 0 Å². The topological polar surface area (TPSA) is 3.24 Å². The summed E-state index contributed by atoms with van der Waals surface area (Å²) in [7, 11) is 4.33. The normalized spacial score (nSPS) is 20.4. The molecule has 1 aromatic carbocycles. The summed E-state index contributed by atoms with van der Waals surface area (Å²) >= 11 is 3.55. The molecule has 1 unspecified atom stereocenters. The van der Waals surface area contributed by atoms with Crippen LogP contribution in [-0.4, -0.2) is 25.5 Å². The van der Waals surface area contributed by atoms with Crippen LogP contribution in [0.2, 0.25) is 0 Å². The maximum atomic E-state index is 3.55. The third-order valence-corrected chi connectivity index (χ3v) is 3.62. The zero-order valence-corrected chi connectivity index (χ0v) is 11.0. The largest absolute Gasteiger partial charge is 0.309 e. The zero-order valence-electron chi connectivity index (χ0n) is 9.46. The summed E-state index contributed by atoms with van der Waals surface area (Å²) in [5.41, 5.74) is 3.09. The fourth-order valence-electron chi connectivity index (χ4n) is 2.47. The van der Waals surface area contributed by atoms with Crippen LogP contribution in [-0.2, 0) is 12.8 Å². The first-order chi connectivity index (χ1) is 7.15. The molecule has 82 valence electrons. The quantitative estimate of drug-likeness (QED) is 0.796. The van der Waals surface area contributed by atoms with Gasteiger partial charge in [-0.05, 0) is 62.5 Å². The Kier molecular flexibility index (Phi) is 3.47. The summed E-state index contributed by atoms with van der Waals surface area (Å²) in [6.45, 7) is 1.21. The van der Waals surface area contributed by atoms with Gasteiger partial charge in [-0.25, -0.2) is 0 Å². The molecule has 0 saturated carbocycles. The number of fused-ring (bicyclic) bond motifs is 1. The molecule has 0 aliphatic heterocycles. The molecule has 1 aliphatic rings. The lowest BCUT2D eigenvalue weighted by Gasteiger charge is -2.27. The zero-order chi connectivity index (χ0) is 10.8. The van der Waals surface area contributed by atoms with Crippen LogP contribution in [0.1, 0.15) is 17.5 Å². The molecule has 0 fully saturated rings. The summed E-state index contributed by atoms with van der Waals surface area (Å²) in [4.78, 5) is 2.30. The van der Waals surface area contributed by atoms with E-state index in [-0.39, 0.29) is 0 Å². The van der Waals surface area contributed by atoms with Crippen LogP contribution < -0.4 is 0 Å². The minimum absolute atomic E-state index is 0.835. The molecule has 1 nitrogen and oxygen atoms in total. The van der Waals surface area contributed by atoms with Gasteiger partial charge in [-0.2, -0.15) is 0 Å². The van der Waals surface area contributed by atoms with Gasteiger partial charge in [-0.15, -0.1) is 0 Å². The van der Waals surface area contributed by atoms with Gasteiger partial charge in [0.25, 0.3) is 0 Å². The Balaban J connectivity index is 2.11. The molecule has 0 amide bonds. The predicted octanol–water partition coefficient (Wildman–Crippen LogP) is 3.12. The van der Waals surface area contributed by atoms with Gasteiger partial charge in [0.2, 0.25) is 0 Å². The van der Waals surface area contributed by atoms with Crippen LogP contribution in [0.15, 0.2) is 22.7 Å². The Hall–Kier alpha value is -0.340. The number of hydrogen-bond acceptors (Lipinski definition) is 1. The van der Waals surface area contributed by atoms with E-state index in [0.29, 0.717) is 0 Å². The molecular formula is C13H18BrN. The van der Waals surface area contributed by atoms with E-state index in [0.717, 1.165) is 5.92 Å². The van der Waals surface area contributed by atoms with Crippen molar-refractivity contribution in [2.45, 2.75) is 19.3 Å². The highest BCUT2D eigenvalue weighted by atomic mass is 79.9. The van der Waals surface area contributed by atoms with Crippen molar-refractivity contribution in [2.75, 3.05) is 20.6 Å². The Morgan fingerprint density at radius 1 is 1.33 bits per heavy atom. The van der Waals surface area contributed by atoms with E-state index in [9.17, 15) is 0 Å². The average Bonchev–Trinajstić information content (AvgIpc) is 2.16. The number of halogens is 1. The maximum Gasteiger partial charge on any atom is 0.0178 e. The maximum absolute atomic E-state index is 3.55. The first-order valence-corrected chi connectivity index (χ1v) is 6.36. The summed E-state index contributed by atoms with van der Waals surface area (Å²) < 4.78 is 1.21. The Bertz CT molecular complexity index is 346. The highest BCUT2D eigenvalue weighted by Crippen LogP contribution is 2.28. The number of benzene rings is 1. The van der Waals surface area contributed by atoms with Crippen LogP contribution in [0.5, 0.6) is 0 Å². The van der Waals surface area contributed by atoms with Crippen molar-refractivity contribution in [1.82, 2.24) is 4.90 Å². The molecule has 0 heterocycles. The molecule has 2 heteroatoms. The predicted molar refractivity (Wildman–Crippen MR) is 68.2 cm³/mol. The standard InChI is InChI=1S/C13H18BrN/c1-15(2)9-10-3-4-11-5-6-13(14)8-12(11)7-10/h5-6,8,10H,3-4,7,9H2,1-2H3. The van der Waals surface area contributed by atoms with E-state index in [1.54, 1.807) is 11.1 Å². The minimum atomic E-state index is 0.835. The highest BCUT2D eigenvalue weighted by molar-refractivity contribution is 9.10. The molecule has 0 aromatic heterocycles. The number of nitrogens with zero attached hydrogens (tertiary/aromatic N) is 1. The molecule has 1 aromatic rings. The van der Waals surface area contributed by atoms with Crippen molar-refractivity contribution in [2.24, 2.45) is 5.92 Å². The van der Waals surface area contributed by atoms with Crippen molar-refractivity contribution in [3.05, 3.63) is 33.8 Å². The Morgan fingerprint density at radius 2 is 2.13 bits per heavy atom. The highest BCUT2D eigenvalue weighted by Gasteiger charge is 2.18. The number of rotatable bonds is 2. The van der Waals surface area contributed by atoms with E-state index in [4.69, 9.17) is 0 Å². The van der Waals surface area contributed by atoms with E-state index < -0.39 is 0 Å². The second kappa shape index (κ2) is 4.67. The van der Waals surface area contributed by atoms with Gasteiger partial charge in [-0.1, -0.05) is 22.0 Å². The second-order valence-corrected chi connectivity index (χ2v) is 5.70. The average molecular weight is 268 g/mol. The van der Waals surface area contributed by atoms with Crippen LogP contribution in [0.3, 0.4) is 0 Å². The first-order valence-electron chi connectivity index (χ1n) is 5.57. The molecule has 1 aliphatic carbocycles. The number of hydrogen-bond donors (Lipinski definition) is 0. The van der Waals surface area contributed by atoms with E-state index in [1.807, 2.05) is 0 Å². The van der Waals surface area contributed by atoms with Crippen LogP contribution in [0.4, 0.5) is 0 Å². The van der Waals surface area contributed by atoms with Crippen molar-refractivity contribution in [1.29, 1.82) is 0 Å². The van der Waals surface area contributed by atoms with Crippen molar-refractivity contribution in [3.8, 4) is 0 Å². The molecule has 15 heavy (non-hydrogen) atoms. The fourth-order valence-corrected chi connectivity index (χ4v) is 2.88. The molecular weight excluding hydrogens is 250 g/mol. The Labute approximate surface area is 101 Å². The summed E-state index contributed by atoms with van der Waals surface area (Å²) in [5.74, 6) is 0.835. The fraction of sp³-hybridized carbons (Fsp3) is 0.538. The van der Waals surface area contributed by atoms with Crippen molar-refractivity contribution >= 4 is 15.9 Å². The second-order valence-electron chi connectivity index (χ2n) is 4.78. The van der Waals surface area contributed by atoms with E-state index in [2.05, 4.69) is 53.1 Å². The van der Waals surface area contributed by atoms with Crippen molar-refractivity contribution < 1.29 is 0 Å². The molecule has 0 N–H and O–H groups in total. The molecule has 0 saturated heterocycles. The lowest BCUT2D eigenvalue weighted by molar-refractivity contribution is 0.302. The lowest BCUT2D eigenvalue weighted by atomic mass is 9.84. The van der Waals surface area contributed by atoms with E-state index in [1.165, 1.54) is 30.3 Å². The van der Waals surface area contributed by atoms with Crippen LogP contribution >= 0.6 is 15.9 Å². The van der Waals surface area contributed by atoms with E-state index >= 15 is 0 Å². The monoisotopic (exact) mass is 267 g/mol. The number of aryl methyl sites for hydroxylation is 1. The smallest absolute Gasteiger partial charge is 0.0178 e. The summed E-state index contributed by atoms with van der Waals surface area (Å²) in [6.07, 6.45) is 3.83. The molecule has 0 radical (unpaired) electrons. The molecule has 0 bridgehead atoms. The molecule has 2 rings (SSSR count). The molecule has 1 atom stereocenters. The molecule has 0 spiro atoms. The third-order valence-electron chi connectivity index (χ3n) is 3.12. The van der Waals surface area contributed by atoms with Gasteiger partial charge >= 0.3 is 0 Å². The van der Waals surface area contributed by atoms with Gasteiger partial charge in [0, 0.05) is 11.0 Å². The SMILES string of the molecule is CN(C)CC1CCc2ccc(Br)cc2C1. The van der Waals surface area contributed by atoms with Crippen LogP contribution in [0.25, 0.3) is 0 Å². The minimum Gasteiger partial charge on any atom is -0.309 e. The van der Waals surface area contributed by atoms with Gasteiger partial charge in [0.1, 0.15) is 0 Å². The summed E-state index contributed by atoms with van der Waals surface area (Å²) in [6, 6.07) is 6.72. The van der Waals surface area contributed by atoms with Gasteiger partial charge < -0.3 is 4.90 Å². The van der Waals surface area contributed by atoms with Crippen LogP contribution in [0, 0.1) is 5.92 Å². The Morgan fingerprint density at radius 3 is 2.87 bits per heavy atom. The van der Waals surface area contributed by atoms with Crippen molar-refractivity contribution in [3.63, 3.8) is 0 Å². The van der Waals surface area contributed by atoms with Gasteiger partial charge in [0.15, 0.2) is 0 Å². The summed E-state index contributed by atoms with van der Waals surface area (Å²) in [5, 5.41) is 0. The van der Waals surface area contributed by atoms with Gasteiger partial charge in [0.05, 0.1) is 0 Å².